The second kappa shape index (κ2) is 10.6. The van der Waals surface area contributed by atoms with Crippen molar-refractivity contribution < 1.29 is 18.0 Å². The van der Waals surface area contributed by atoms with Gasteiger partial charge in [0.15, 0.2) is 0 Å². The molecule has 3 aromatic rings. The molecule has 8 heteroatoms. The first-order chi connectivity index (χ1) is 17.2. The fraction of sp³-hybridized carbons (Fsp3) is 0.286. The van der Waals surface area contributed by atoms with Gasteiger partial charge in [0.05, 0.1) is 4.90 Å². The van der Waals surface area contributed by atoms with E-state index in [0.717, 1.165) is 27.9 Å². The van der Waals surface area contributed by atoms with E-state index in [9.17, 15) is 18.0 Å². The van der Waals surface area contributed by atoms with Crippen LogP contribution in [-0.4, -0.2) is 32.8 Å². The summed E-state index contributed by atoms with van der Waals surface area (Å²) in [6.45, 7) is 6.21. The number of nitrogens with zero attached hydrogens (tertiary/aromatic N) is 1. The van der Waals surface area contributed by atoms with Crippen molar-refractivity contribution in [3.8, 4) is 0 Å². The maximum Gasteiger partial charge on any atom is 0.242 e. The van der Waals surface area contributed by atoms with Gasteiger partial charge in [-0.25, -0.2) is 8.42 Å². The molecule has 1 aliphatic rings. The first-order valence-corrected chi connectivity index (χ1v) is 13.5. The minimum atomic E-state index is -4.01. The lowest BCUT2D eigenvalue weighted by Crippen LogP contribution is -2.45. The van der Waals surface area contributed by atoms with Crippen LogP contribution in [0.3, 0.4) is 0 Å². The molecule has 1 aliphatic heterocycles. The van der Waals surface area contributed by atoms with Crippen LogP contribution in [0.4, 0.5) is 11.4 Å². The summed E-state index contributed by atoms with van der Waals surface area (Å²) in [5, 5.41) is 2.90. The molecule has 0 fully saturated rings. The molecule has 1 heterocycles. The number of aryl methyl sites for hydroxylation is 1. The molecule has 0 aliphatic carbocycles. The smallest absolute Gasteiger partial charge is 0.242 e. The minimum absolute atomic E-state index is 0.00789. The van der Waals surface area contributed by atoms with Crippen molar-refractivity contribution in [3.63, 3.8) is 0 Å². The van der Waals surface area contributed by atoms with Crippen molar-refractivity contribution in [2.75, 3.05) is 16.8 Å². The number of hydrogen-bond donors (Lipinski definition) is 2. The summed E-state index contributed by atoms with van der Waals surface area (Å²) >= 11 is 0. The van der Waals surface area contributed by atoms with Crippen LogP contribution in [0.1, 0.15) is 35.6 Å². The lowest BCUT2D eigenvalue weighted by Gasteiger charge is -2.20. The average molecular weight is 506 g/mol. The Morgan fingerprint density at radius 1 is 1.00 bits per heavy atom. The number of rotatable bonds is 8. The Labute approximate surface area is 212 Å². The van der Waals surface area contributed by atoms with Gasteiger partial charge in [0.2, 0.25) is 21.8 Å². The molecule has 7 nitrogen and oxygen atoms in total. The molecule has 3 aromatic carbocycles. The van der Waals surface area contributed by atoms with E-state index in [1.165, 1.54) is 6.07 Å². The largest absolute Gasteiger partial charge is 0.324 e. The number of hydrogen-bond acceptors (Lipinski definition) is 4. The minimum Gasteiger partial charge on any atom is -0.324 e. The Balaban J connectivity index is 1.61. The van der Waals surface area contributed by atoms with Crippen molar-refractivity contribution in [1.82, 2.24) is 4.72 Å². The van der Waals surface area contributed by atoms with Crippen molar-refractivity contribution >= 4 is 33.2 Å². The third kappa shape index (κ3) is 5.50. The second-order valence-corrected chi connectivity index (χ2v) is 10.8. The lowest BCUT2D eigenvalue weighted by atomic mass is 10.0. The monoisotopic (exact) mass is 505 g/mol. The fourth-order valence-electron chi connectivity index (χ4n) is 4.39. The van der Waals surface area contributed by atoms with E-state index in [1.807, 2.05) is 56.3 Å². The van der Waals surface area contributed by atoms with Crippen molar-refractivity contribution in [3.05, 3.63) is 89.0 Å². The predicted molar refractivity (Wildman–Crippen MR) is 142 cm³/mol. The maximum absolute atomic E-state index is 13.4. The van der Waals surface area contributed by atoms with E-state index < -0.39 is 22.0 Å². The summed E-state index contributed by atoms with van der Waals surface area (Å²) in [6.07, 6.45) is 1.17. The van der Waals surface area contributed by atoms with Crippen LogP contribution in [0, 0.1) is 13.8 Å². The van der Waals surface area contributed by atoms with Gasteiger partial charge in [-0.2, -0.15) is 4.72 Å². The molecule has 0 saturated heterocycles. The van der Waals surface area contributed by atoms with Crippen molar-refractivity contribution in [2.24, 2.45) is 0 Å². The molecule has 0 bridgehead atoms. The molecule has 0 spiro atoms. The molecular formula is C28H31N3O4S. The highest BCUT2D eigenvalue weighted by Gasteiger charge is 2.29. The molecule has 2 amide bonds. The second-order valence-electron chi connectivity index (χ2n) is 9.04. The van der Waals surface area contributed by atoms with Crippen LogP contribution < -0.4 is 14.9 Å². The van der Waals surface area contributed by atoms with Crippen LogP contribution in [-0.2, 0) is 32.5 Å². The third-order valence-corrected chi connectivity index (χ3v) is 8.09. The number of anilines is 2. The molecule has 36 heavy (non-hydrogen) atoms. The van der Waals surface area contributed by atoms with Gasteiger partial charge in [0.25, 0.3) is 0 Å². The summed E-state index contributed by atoms with van der Waals surface area (Å²) < 4.78 is 29.4. The number of amides is 2. The van der Waals surface area contributed by atoms with E-state index >= 15 is 0 Å². The standard InChI is InChI=1S/C28H31N3O4S/c1-4-27(32)31-16-15-22-18-23(13-14-26(22)31)36(34,35)30-25(17-21-10-6-5-7-11-21)28(33)29-24-12-8-9-19(2)20(24)3/h5-14,18,25,30H,4,15-17H2,1-3H3,(H,29,33)/t25-/m0/s1. The topological polar surface area (TPSA) is 95.6 Å². The summed E-state index contributed by atoms with van der Waals surface area (Å²) in [7, 11) is -4.01. The summed E-state index contributed by atoms with van der Waals surface area (Å²) in [4.78, 5) is 27.3. The van der Waals surface area contributed by atoms with Crippen molar-refractivity contribution in [2.45, 2.75) is 51.0 Å². The van der Waals surface area contributed by atoms with E-state index in [0.29, 0.717) is 25.1 Å². The molecular weight excluding hydrogens is 474 g/mol. The molecule has 0 radical (unpaired) electrons. The van der Waals surface area contributed by atoms with Gasteiger partial charge in [-0.15, -0.1) is 0 Å². The van der Waals surface area contributed by atoms with Crippen molar-refractivity contribution in [1.29, 1.82) is 0 Å². The number of sulfonamides is 1. The lowest BCUT2D eigenvalue weighted by molar-refractivity contribution is -0.118. The zero-order valence-corrected chi connectivity index (χ0v) is 21.6. The Morgan fingerprint density at radius 2 is 1.75 bits per heavy atom. The average Bonchev–Trinajstić information content (AvgIpc) is 3.30. The molecule has 188 valence electrons. The van der Waals surface area contributed by atoms with Gasteiger partial charge in [-0.05, 0) is 73.2 Å². The molecule has 2 N–H and O–H groups in total. The van der Waals surface area contributed by atoms with Crippen LogP contribution in [0.15, 0.2) is 71.6 Å². The zero-order chi connectivity index (χ0) is 25.9. The fourth-order valence-corrected chi connectivity index (χ4v) is 5.64. The number of carbonyl (C=O) groups excluding carboxylic acids is 2. The molecule has 4 rings (SSSR count). The van der Waals surface area contributed by atoms with E-state index in [-0.39, 0.29) is 17.2 Å². The van der Waals surface area contributed by atoms with Gasteiger partial charge >= 0.3 is 0 Å². The van der Waals surface area contributed by atoms with E-state index in [1.54, 1.807) is 30.0 Å². The molecule has 0 saturated carbocycles. The van der Waals surface area contributed by atoms with Crippen LogP contribution in [0.2, 0.25) is 0 Å². The van der Waals surface area contributed by atoms with Crippen LogP contribution in [0.5, 0.6) is 0 Å². The summed E-state index contributed by atoms with van der Waals surface area (Å²) in [5.41, 5.74) is 4.99. The highest BCUT2D eigenvalue weighted by molar-refractivity contribution is 7.89. The quantitative estimate of drug-likeness (QED) is 0.481. The number of benzene rings is 3. The maximum atomic E-state index is 13.4. The SMILES string of the molecule is CCC(=O)N1CCc2cc(S(=O)(=O)N[C@@H](Cc3ccccc3)C(=O)Nc3cccc(C)c3C)ccc21. The zero-order valence-electron chi connectivity index (χ0n) is 20.7. The normalized spacial score (nSPS) is 13.8. The van der Waals surface area contributed by atoms with Crippen LogP contribution in [0.25, 0.3) is 0 Å². The Bertz CT molecular complexity index is 1390. The van der Waals surface area contributed by atoms with Gasteiger partial charge in [-0.3, -0.25) is 9.59 Å². The van der Waals surface area contributed by atoms with Gasteiger partial charge in [0.1, 0.15) is 6.04 Å². The van der Waals surface area contributed by atoms with E-state index in [2.05, 4.69) is 10.0 Å². The first kappa shape index (κ1) is 25.6. The Morgan fingerprint density at radius 3 is 2.47 bits per heavy atom. The Kier molecular flexibility index (Phi) is 7.56. The number of carbonyl (C=O) groups is 2. The molecule has 0 unspecified atom stereocenters. The Hall–Kier alpha value is -3.49. The van der Waals surface area contributed by atoms with Crippen LogP contribution >= 0.6 is 0 Å². The number of fused-ring (bicyclic) bond motifs is 1. The van der Waals surface area contributed by atoms with Gasteiger partial charge < -0.3 is 10.2 Å². The van der Waals surface area contributed by atoms with E-state index in [4.69, 9.17) is 0 Å². The first-order valence-electron chi connectivity index (χ1n) is 12.1. The highest BCUT2D eigenvalue weighted by Crippen LogP contribution is 2.31. The molecule has 1 atom stereocenters. The summed E-state index contributed by atoms with van der Waals surface area (Å²) in [6, 6.07) is 18.7. The third-order valence-electron chi connectivity index (χ3n) is 6.62. The number of nitrogens with one attached hydrogen (secondary N) is 2. The highest BCUT2D eigenvalue weighted by atomic mass is 32.2. The van der Waals surface area contributed by atoms with Gasteiger partial charge in [-0.1, -0.05) is 49.4 Å². The predicted octanol–water partition coefficient (Wildman–Crippen LogP) is 4.13. The summed E-state index contributed by atoms with van der Waals surface area (Å²) in [5.74, 6) is -0.425. The molecule has 0 aromatic heterocycles. The van der Waals surface area contributed by atoms with Gasteiger partial charge in [0, 0.05) is 24.3 Å².